The van der Waals surface area contributed by atoms with E-state index in [0.717, 1.165) is 10.6 Å². The first kappa shape index (κ1) is 8.51. The molecule has 0 aliphatic carbocycles. The Morgan fingerprint density at radius 3 is 2.73 bits per heavy atom. The predicted molar refractivity (Wildman–Crippen MR) is 47.7 cm³/mol. The molecule has 1 N–H and O–H groups in total. The van der Waals surface area contributed by atoms with Crippen LogP contribution in [0, 0.1) is 9.36 Å². The third-order valence-corrected chi connectivity index (χ3v) is 3.67. The monoisotopic (exact) mass is 204 g/mol. The van der Waals surface area contributed by atoms with Crippen LogP contribution < -0.4 is 4.80 Å². The van der Waals surface area contributed by atoms with Crippen molar-refractivity contribution in [3.05, 3.63) is 21.4 Å². The van der Waals surface area contributed by atoms with E-state index in [-0.39, 0.29) is 10.7 Å². The third-order valence-electron chi connectivity index (χ3n) is 0.973. The molecule has 11 heavy (non-hydrogen) atoms. The van der Waals surface area contributed by atoms with E-state index >= 15 is 0 Å². The van der Waals surface area contributed by atoms with Crippen molar-refractivity contribution in [2.75, 3.05) is 0 Å². The van der Waals surface area contributed by atoms with Crippen LogP contribution in [0.5, 0.6) is 0 Å². The number of carbonyl (C=O) groups is 1. The number of hydrogen-bond donors (Lipinski definition) is 1. The molecule has 0 atom stereocenters. The number of rotatable bonds is 1. The van der Waals surface area contributed by atoms with E-state index in [9.17, 15) is 4.79 Å². The Morgan fingerprint density at radius 1 is 1.73 bits per heavy atom. The van der Waals surface area contributed by atoms with Gasteiger partial charge in [-0.3, -0.25) is 10.2 Å². The second kappa shape index (κ2) is 3.21. The van der Waals surface area contributed by atoms with Crippen LogP contribution in [0.25, 0.3) is 0 Å². The fourth-order valence-corrected chi connectivity index (χ4v) is 2.68. The van der Waals surface area contributed by atoms with Crippen molar-refractivity contribution in [3.8, 4) is 0 Å². The number of aromatic nitrogens is 1. The molecule has 0 aliphatic heterocycles. The molecule has 0 saturated heterocycles. The standard InChI is InChI=1S/C5H4N2OS3/c1-2-3(8)7-4(6)10-11-5(7)9/h2,6H,1H2. The van der Waals surface area contributed by atoms with Gasteiger partial charge in [0.15, 0.2) is 3.95 Å². The van der Waals surface area contributed by atoms with Crippen molar-refractivity contribution < 1.29 is 4.79 Å². The Bertz CT molecular complexity index is 369. The molecular formula is C5H4N2OS3. The number of hydrogen-bond acceptors (Lipinski definition) is 5. The molecule has 0 fully saturated rings. The lowest BCUT2D eigenvalue weighted by Gasteiger charge is -1.90. The van der Waals surface area contributed by atoms with Crippen molar-refractivity contribution >= 4 is 38.8 Å². The second-order valence-electron chi connectivity index (χ2n) is 1.62. The number of nitrogens with zero attached hydrogens (tertiary/aromatic N) is 1. The molecule has 1 aromatic heterocycles. The van der Waals surface area contributed by atoms with Gasteiger partial charge in [0.1, 0.15) is 0 Å². The zero-order valence-corrected chi connectivity index (χ0v) is 7.81. The van der Waals surface area contributed by atoms with E-state index in [1.165, 1.54) is 20.7 Å². The lowest BCUT2D eigenvalue weighted by atomic mass is 10.6. The summed E-state index contributed by atoms with van der Waals surface area (Å²) in [5.74, 6) is -0.336. The van der Waals surface area contributed by atoms with Gasteiger partial charge in [-0.15, -0.1) is 0 Å². The van der Waals surface area contributed by atoms with Crippen LogP contribution in [0.15, 0.2) is 12.7 Å². The van der Waals surface area contributed by atoms with Gasteiger partial charge in [0, 0.05) is 0 Å². The minimum absolute atomic E-state index is 0.157. The SMILES string of the molecule is C=CC(=O)n1c(=N)ssc1=S. The molecule has 0 radical (unpaired) electrons. The molecule has 1 rings (SSSR count). The maximum atomic E-state index is 11.0. The van der Waals surface area contributed by atoms with Crippen molar-refractivity contribution in [2.24, 2.45) is 0 Å². The zero-order chi connectivity index (χ0) is 8.43. The number of nitrogens with one attached hydrogen (secondary N) is 1. The van der Waals surface area contributed by atoms with Crippen molar-refractivity contribution in [1.82, 2.24) is 4.57 Å². The quantitative estimate of drug-likeness (QED) is 0.429. The van der Waals surface area contributed by atoms with Crippen LogP contribution in [-0.2, 0) is 0 Å². The first-order chi connectivity index (χ1) is 5.16. The molecule has 0 amide bonds. The molecule has 0 saturated carbocycles. The highest BCUT2D eigenvalue weighted by Gasteiger charge is 2.03. The summed E-state index contributed by atoms with van der Waals surface area (Å²) in [4.78, 5) is 11.1. The Kier molecular flexibility index (Phi) is 2.48. The van der Waals surface area contributed by atoms with Crippen LogP contribution in [0.4, 0.5) is 0 Å². The average molecular weight is 204 g/mol. The van der Waals surface area contributed by atoms with E-state index in [2.05, 4.69) is 6.58 Å². The van der Waals surface area contributed by atoms with Crippen LogP contribution in [0.1, 0.15) is 4.79 Å². The van der Waals surface area contributed by atoms with Gasteiger partial charge in [-0.1, -0.05) is 6.58 Å². The largest absolute Gasteiger partial charge is 0.274 e. The fraction of sp³-hybridized carbons (Fsp3) is 0. The maximum absolute atomic E-state index is 11.0. The molecule has 0 aliphatic rings. The summed E-state index contributed by atoms with van der Waals surface area (Å²) in [6, 6.07) is 0. The number of allylic oxidation sites excluding steroid dienone is 1. The highest BCUT2D eigenvalue weighted by atomic mass is 32.9. The molecular weight excluding hydrogens is 200 g/mol. The first-order valence-corrected chi connectivity index (χ1v) is 5.16. The van der Waals surface area contributed by atoms with Gasteiger partial charge in [-0.2, -0.15) is 0 Å². The Labute approximate surface area is 75.1 Å². The molecule has 0 bridgehead atoms. The van der Waals surface area contributed by atoms with Crippen LogP contribution in [-0.4, -0.2) is 10.5 Å². The van der Waals surface area contributed by atoms with E-state index < -0.39 is 0 Å². The normalized spacial score (nSPS) is 9.45. The summed E-state index contributed by atoms with van der Waals surface area (Å²) in [5.41, 5.74) is 0. The van der Waals surface area contributed by atoms with E-state index in [4.69, 9.17) is 17.6 Å². The van der Waals surface area contributed by atoms with Crippen LogP contribution in [0.3, 0.4) is 0 Å². The second-order valence-corrected chi connectivity index (χ2v) is 4.37. The first-order valence-electron chi connectivity index (χ1n) is 2.60. The maximum Gasteiger partial charge on any atom is 0.258 e. The summed E-state index contributed by atoms with van der Waals surface area (Å²) < 4.78 is 1.56. The average Bonchev–Trinajstić information content (AvgIpc) is 2.30. The lowest BCUT2D eigenvalue weighted by Crippen LogP contribution is -2.19. The Balaban J connectivity index is 3.44. The van der Waals surface area contributed by atoms with Gasteiger partial charge in [0.2, 0.25) is 4.80 Å². The smallest absolute Gasteiger partial charge is 0.258 e. The summed E-state index contributed by atoms with van der Waals surface area (Å²) in [6.07, 6.45) is 1.15. The van der Waals surface area contributed by atoms with Crippen molar-refractivity contribution in [2.45, 2.75) is 0 Å². The van der Waals surface area contributed by atoms with Crippen molar-refractivity contribution in [3.63, 3.8) is 0 Å². The number of carbonyl (C=O) groups excluding carboxylic acids is 1. The van der Waals surface area contributed by atoms with Crippen LogP contribution in [0.2, 0.25) is 0 Å². The Morgan fingerprint density at radius 2 is 2.36 bits per heavy atom. The summed E-state index contributed by atoms with van der Waals surface area (Å²) in [7, 11) is 2.41. The molecule has 0 aromatic carbocycles. The molecule has 0 spiro atoms. The minimum atomic E-state index is -0.336. The summed E-state index contributed by atoms with van der Waals surface area (Å²) >= 11 is 4.82. The van der Waals surface area contributed by atoms with E-state index in [1.807, 2.05) is 0 Å². The Hall–Kier alpha value is -0.590. The molecule has 0 unspecified atom stereocenters. The molecule has 1 heterocycles. The van der Waals surface area contributed by atoms with Gasteiger partial charge in [-0.05, 0) is 39.0 Å². The highest BCUT2D eigenvalue weighted by Crippen LogP contribution is 2.03. The predicted octanol–water partition coefficient (Wildman–Crippen LogP) is 1.65. The topological polar surface area (TPSA) is 45.9 Å². The third kappa shape index (κ3) is 1.52. The zero-order valence-electron chi connectivity index (χ0n) is 5.36. The highest BCUT2D eigenvalue weighted by molar-refractivity contribution is 7.79. The molecule has 1 aromatic rings. The molecule has 58 valence electrons. The molecule has 6 heteroatoms. The summed E-state index contributed by atoms with van der Waals surface area (Å²) in [6.45, 7) is 3.31. The lowest BCUT2D eigenvalue weighted by molar-refractivity contribution is 0.0965. The van der Waals surface area contributed by atoms with Crippen molar-refractivity contribution in [1.29, 1.82) is 5.41 Å². The minimum Gasteiger partial charge on any atom is -0.274 e. The van der Waals surface area contributed by atoms with Gasteiger partial charge in [0.05, 0.1) is 0 Å². The van der Waals surface area contributed by atoms with E-state index in [0.29, 0.717) is 3.95 Å². The molecule has 3 nitrogen and oxygen atoms in total. The fourth-order valence-electron chi connectivity index (χ4n) is 0.514. The van der Waals surface area contributed by atoms with Gasteiger partial charge >= 0.3 is 0 Å². The van der Waals surface area contributed by atoms with Gasteiger partial charge in [0.25, 0.3) is 5.91 Å². The van der Waals surface area contributed by atoms with Gasteiger partial charge in [-0.25, -0.2) is 4.57 Å². The summed E-state index contributed by atoms with van der Waals surface area (Å²) in [5, 5.41) is 7.28. The van der Waals surface area contributed by atoms with Gasteiger partial charge < -0.3 is 0 Å². The van der Waals surface area contributed by atoms with E-state index in [1.54, 1.807) is 0 Å². The van der Waals surface area contributed by atoms with Crippen LogP contribution >= 0.6 is 32.9 Å².